The third-order valence-corrected chi connectivity index (χ3v) is 2.90. The summed E-state index contributed by atoms with van der Waals surface area (Å²) in [5.74, 6) is -1.25. The van der Waals surface area contributed by atoms with Crippen LogP contribution in [0.3, 0.4) is 0 Å². The van der Waals surface area contributed by atoms with Gasteiger partial charge in [0.25, 0.3) is 0 Å². The van der Waals surface area contributed by atoms with Crippen molar-refractivity contribution in [2.75, 3.05) is 5.43 Å². The van der Waals surface area contributed by atoms with Crippen LogP contribution < -0.4 is 5.43 Å². The molecule has 0 amide bonds. The van der Waals surface area contributed by atoms with E-state index < -0.39 is 11.9 Å². The van der Waals surface area contributed by atoms with E-state index in [9.17, 15) is 8.78 Å². The fourth-order valence-electron chi connectivity index (χ4n) is 1.22. The van der Waals surface area contributed by atoms with Crippen LogP contribution in [-0.4, -0.2) is 21.4 Å². The summed E-state index contributed by atoms with van der Waals surface area (Å²) < 4.78 is 26.5. The number of rotatable bonds is 3. The normalized spacial score (nSPS) is 11.1. The molecular weight excluding hydrogens is 355 g/mol. The molecule has 0 bridgehead atoms. The van der Waals surface area contributed by atoms with E-state index in [0.717, 1.165) is 11.8 Å². The number of aryl methyl sites for hydroxylation is 1. The monoisotopic (exact) mass is 363 g/mol. The quantitative estimate of drug-likeness (QED) is 0.381. The summed E-state index contributed by atoms with van der Waals surface area (Å²) in [6.45, 7) is 1.84. The van der Waals surface area contributed by atoms with Crippen molar-refractivity contribution in [3.05, 3.63) is 38.9 Å². The molecule has 0 aliphatic carbocycles. The zero-order valence-electron chi connectivity index (χ0n) is 9.21. The van der Waals surface area contributed by atoms with E-state index in [-0.39, 0.29) is 5.56 Å². The highest BCUT2D eigenvalue weighted by molar-refractivity contribution is 14.1. The molecule has 0 unspecified atom stereocenters. The average molecular weight is 363 g/mol. The Hall–Kier alpha value is -1.58. The van der Waals surface area contributed by atoms with Crippen LogP contribution in [0.5, 0.6) is 0 Å². The zero-order valence-corrected chi connectivity index (χ0v) is 11.4. The van der Waals surface area contributed by atoms with Gasteiger partial charge in [0.05, 0.1) is 11.8 Å². The Morgan fingerprint density at radius 3 is 2.83 bits per heavy atom. The molecule has 0 fully saturated rings. The van der Waals surface area contributed by atoms with Gasteiger partial charge in [-0.1, -0.05) is 0 Å². The van der Waals surface area contributed by atoms with Gasteiger partial charge >= 0.3 is 0 Å². The second-order valence-corrected chi connectivity index (χ2v) is 4.60. The molecular formula is C10H8F2IN5. The van der Waals surface area contributed by atoms with E-state index >= 15 is 0 Å². The number of nitrogens with zero attached hydrogens (tertiary/aromatic N) is 3. The summed E-state index contributed by atoms with van der Waals surface area (Å²) in [5, 5.41) is 10.4. The van der Waals surface area contributed by atoms with Gasteiger partial charge in [0.15, 0.2) is 5.82 Å². The van der Waals surface area contributed by atoms with Gasteiger partial charge < -0.3 is 0 Å². The van der Waals surface area contributed by atoms with Crippen LogP contribution in [0.25, 0.3) is 0 Å². The molecule has 2 aromatic rings. The van der Waals surface area contributed by atoms with Crippen molar-refractivity contribution in [1.82, 2.24) is 15.2 Å². The molecule has 0 spiro atoms. The number of anilines is 1. The Labute approximate surface area is 115 Å². The Kier molecular flexibility index (Phi) is 3.84. The van der Waals surface area contributed by atoms with Crippen LogP contribution in [0.15, 0.2) is 17.2 Å². The molecule has 0 atom stereocenters. The van der Waals surface area contributed by atoms with Gasteiger partial charge in [-0.25, -0.2) is 0 Å². The van der Waals surface area contributed by atoms with Crippen LogP contribution >= 0.6 is 22.6 Å². The molecule has 0 aliphatic heterocycles. The second-order valence-electron chi connectivity index (χ2n) is 3.44. The maximum Gasteiger partial charge on any atom is 0.225 e. The summed E-state index contributed by atoms with van der Waals surface area (Å²) in [5.41, 5.74) is 3.61. The summed E-state index contributed by atoms with van der Waals surface area (Å²) in [4.78, 5) is 3.09. The number of hydrazone groups is 1. The van der Waals surface area contributed by atoms with Crippen LogP contribution in [0, 0.1) is 22.4 Å². The third kappa shape index (κ3) is 3.00. The highest BCUT2D eigenvalue weighted by atomic mass is 127. The first-order valence-electron chi connectivity index (χ1n) is 4.89. The molecule has 18 heavy (non-hydrogen) atoms. The van der Waals surface area contributed by atoms with Gasteiger partial charge in [0.2, 0.25) is 11.9 Å². The molecule has 2 rings (SSSR count). The third-order valence-electron chi connectivity index (χ3n) is 2.01. The molecule has 5 nitrogen and oxygen atoms in total. The molecule has 0 aromatic carbocycles. The summed E-state index contributed by atoms with van der Waals surface area (Å²) in [6.07, 6.45) is 1.23. The average Bonchev–Trinajstić information content (AvgIpc) is 2.68. The van der Waals surface area contributed by atoms with E-state index in [1.54, 1.807) is 6.07 Å². The molecule has 0 radical (unpaired) electrons. The number of hydrogen-bond acceptors (Lipinski definition) is 4. The highest BCUT2D eigenvalue weighted by Gasteiger charge is 2.08. The van der Waals surface area contributed by atoms with E-state index in [0.29, 0.717) is 9.39 Å². The van der Waals surface area contributed by atoms with Crippen LogP contribution in [0.2, 0.25) is 0 Å². The number of nitrogens with one attached hydrogen (secondary N) is 2. The lowest BCUT2D eigenvalue weighted by Gasteiger charge is -1.99. The molecule has 94 valence electrons. The summed E-state index contributed by atoms with van der Waals surface area (Å²) in [7, 11) is 0. The van der Waals surface area contributed by atoms with Crippen molar-refractivity contribution >= 4 is 34.6 Å². The molecule has 8 heteroatoms. The fraction of sp³-hybridized carbons (Fsp3) is 0.100. The van der Waals surface area contributed by atoms with E-state index in [4.69, 9.17) is 0 Å². The Morgan fingerprint density at radius 2 is 2.22 bits per heavy atom. The van der Waals surface area contributed by atoms with Gasteiger partial charge in [0, 0.05) is 21.4 Å². The van der Waals surface area contributed by atoms with E-state index in [1.807, 2.05) is 29.5 Å². The predicted molar refractivity (Wildman–Crippen MR) is 71.4 cm³/mol. The van der Waals surface area contributed by atoms with Crippen LogP contribution in [-0.2, 0) is 0 Å². The molecule has 2 N–H and O–H groups in total. The minimum Gasteiger partial charge on any atom is -0.281 e. The largest absolute Gasteiger partial charge is 0.281 e. The summed E-state index contributed by atoms with van der Waals surface area (Å²) in [6, 6.07) is 2.87. The van der Waals surface area contributed by atoms with Crippen LogP contribution in [0.4, 0.5) is 14.6 Å². The number of aromatic nitrogens is 3. The Morgan fingerprint density at radius 1 is 1.44 bits per heavy atom. The van der Waals surface area contributed by atoms with Gasteiger partial charge in [0.1, 0.15) is 0 Å². The maximum absolute atomic E-state index is 13.3. The standard InChI is InChI=1S/C10H8F2IN5/c1-5-2-9(18-16-5)17-14-4-6-7(13)3-8(11)15-10(6)12/h2-4H,1H3,(H2,16,17,18)/b14-4-. The fourth-order valence-corrected chi connectivity index (χ4v) is 1.84. The topological polar surface area (TPSA) is 66.0 Å². The number of H-pyrrole nitrogens is 1. The second kappa shape index (κ2) is 5.38. The molecule has 0 saturated heterocycles. The molecule has 0 saturated carbocycles. The van der Waals surface area contributed by atoms with E-state index in [2.05, 4.69) is 25.7 Å². The highest BCUT2D eigenvalue weighted by Crippen LogP contribution is 2.13. The first kappa shape index (κ1) is 12.9. The van der Waals surface area contributed by atoms with Gasteiger partial charge in [-0.3, -0.25) is 10.5 Å². The lowest BCUT2D eigenvalue weighted by atomic mass is 10.3. The van der Waals surface area contributed by atoms with Crippen molar-refractivity contribution in [3.63, 3.8) is 0 Å². The number of hydrogen-bond donors (Lipinski definition) is 2. The molecule has 0 aliphatic rings. The minimum atomic E-state index is -0.900. The first-order valence-corrected chi connectivity index (χ1v) is 5.97. The van der Waals surface area contributed by atoms with Gasteiger partial charge in [-0.15, -0.1) is 0 Å². The Bertz CT molecular complexity index is 573. The number of halogens is 3. The van der Waals surface area contributed by atoms with Crippen molar-refractivity contribution in [1.29, 1.82) is 0 Å². The van der Waals surface area contributed by atoms with Crippen LogP contribution in [0.1, 0.15) is 11.3 Å². The van der Waals surface area contributed by atoms with Crippen molar-refractivity contribution in [2.24, 2.45) is 5.10 Å². The summed E-state index contributed by atoms with van der Waals surface area (Å²) >= 11 is 1.81. The smallest absolute Gasteiger partial charge is 0.225 e. The minimum absolute atomic E-state index is 0.122. The zero-order chi connectivity index (χ0) is 13.1. The Balaban J connectivity index is 2.14. The maximum atomic E-state index is 13.3. The lowest BCUT2D eigenvalue weighted by molar-refractivity contribution is 0.510. The van der Waals surface area contributed by atoms with E-state index in [1.165, 1.54) is 6.21 Å². The number of aromatic amines is 1. The van der Waals surface area contributed by atoms with Gasteiger partial charge in [-0.2, -0.15) is 24.0 Å². The SMILES string of the molecule is Cc1cc(N/N=C\c2c(I)cc(F)nc2F)n[nH]1. The molecule has 2 heterocycles. The first-order chi connectivity index (χ1) is 8.56. The van der Waals surface area contributed by atoms with Crippen molar-refractivity contribution in [2.45, 2.75) is 6.92 Å². The molecule has 2 aromatic heterocycles. The lowest BCUT2D eigenvalue weighted by Crippen LogP contribution is -2.01. The predicted octanol–water partition coefficient (Wildman–Crippen LogP) is 2.44. The van der Waals surface area contributed by atoms with Crippen molar-refractivity contribution in [3.8, 4) is 0 Å². The number of pyridine rings is 1. The van der Waals surface area contributed by atoms with Gasteiger partial charge in [-0.05, 0) is 29.5 Å². The van der Waals surface area contributed by atoms with Crippen molar-refractivity contribution < 1.29 is 8.78 Å².